The lowest BCUT2D eigenvalue weighted by atomic mass is 10.2. The molecule has 0 unspecified atom stereocenters. The van der Waals surface area contributed by atoms with Gasteiger partial charge >= 0.3 is 0 Å². The van der Waals surface area contributed by atoms with E-state index in [1.807, 2.05) is 52.0 Å². The van der Waals surface area contributed by atoms with Gasteiger partial charge in [0.1, 0.15) is 0 Å². The number of nitrogens with zero attached hydrogens (tertiary/aromatic N) is 1. The molecule has 0 amide bonds. The topological polar surface area (TPSA) is 37.4 Å². The van der Waals surface area contributed by atoms with Crippen LogP contribution in [0, 0.1) is 11.8 Å². The minimum absolute atomic E-state index is 0.0506. The van der Waals surface area contributed by atoms with E-state index in [0.29, 0.717) is 30.8 Å². The van der Waals surface area contributed by atoms with Gasteiger partial charge in [-0.3, -0.25) is 0 Å². The van der Waals surface area contributed by atoms with Crippen LogP contribution in [0.5, 0.6) is 0 Å². The van der Waals surface area contributed by atoms with Gasteiger partial charge in [0.2, 0.25) is 10.0 Å². The van der Waals surface area contributed by atoms with E-state index in [2.05, 4.69) is 0 Å². The summed E-state index contributed by atoms with van der Waals surface area (Å²) in [7, 11) is -3.28. The van der Waals surface area contributed by atoms with Crippen molar-refractivity contribution in [1.29, 1.82) is 0 Å². The van der Waals surface area contributed by atoms with Crippen molar-refractivity contribution in [3.63, 3.8) is 0 Å². The van der Waals surface area contributed by atoms with Gasteiger partial charge in [0.25, 0.3) is 0 Å². The van der Waals surface area contributed by atoms with Crippen molar-refractivity contribution in [2.45, 2.75) is 39.3 Å². The monoisotopic (exact) mass is 331 g/mol. The summed E-state index contributed by atoms with van der Waals surface area (Å²) in [4.78, 5) is 0. The molecule has 0 spiro atoms. The standard InChI is InChI=1S/C16H26ClNO2S/c1-13(2)10-18(11-14(3)4)21(19,20)12-16-7-5-15(9-17)6-8-16/h5-8,13-14H,9-12H2,1-4H3. The molecule has 0 saturated carbocycles. The molecule has 0 fully saturated rings. The molecule has 0 N–H and O–H groups in total. The summed E-state index contributed by atoms with van der Waals surface area (Å²) in [6.07, 6.45) is 0. The van der Waals surface area contributed by atoms with Gasteiger partial charge in [-0.25, -0.2) is 12.7 Å². The normalized spacial score (nSPS) is 12.6. The van der Waals surface area contributed by atoms with Crippen molar-refractivity contribution in [1.82, 2.24) is 4.31 Å². The second-order valence-electron chi connectivity index (χ2n) is 6.31. The average molecular weight is 332 g/mol. The number of rotatable bonds is 8. The lowest BCUT2D eigenvalue weighted by Gasteiger charge is -2.25. The Morgan fingerprint density at radius 3 is 1.76 bits per heavy atom. The Balaban J connectivity index is 2.88. The van der Waals surface area contributed by atoms with Crippen molar-refractivity contribution < 1.29 is 8.42 Å². The van der Waals surface area contributed by atoms with Gasteiger partial charge in [-0.15, -0.1) is 11.6 Å². The lowest BCUT2D eigenvalue weighted by molar-refractivity contribution is 0.333. The van der Waals surface area contributed by atoms with Crippen LogP contribution in [0.3, 0.4) is 0 Å². The van der Waals surface area contributed by atoms with Crippen molar-refractivity contribution in [3.8, 4) is 0 Å². The van der Waals surface area contributed by atoms with Crippen molar-refractivity contribution in [3.05, 3.63) is 35.4 Å². The highest BCUT2D eigenvalue weighted by Crippen LogP contribution is 2.16. The molecule has 0 heterocycles. The fourth-order valence-corrected chi connectivity index (χ4v) is 4.17. The highest BCUT2D eigenvalue weighted by atomic mass is 35.5. The van der Waals surface area contributed by atoms with Crippen LogP contribution in [0.25, 0.3) is 0 Å². The van der Waals surface area contributed by atoms with E-state index in [0.717, 1.165) is 11.1 Å². The summed E-state index contributed by atoms with van der Waals surface area (Å²) in [5.74, 6) is 1.13. The van der Waals surface area contributed by atoms with E-state index >= 15 is 0 Å². The van der Waals surface area contributed by atoms with E-state index in [1.54, 1.807) is 4.31 Å². The summed E-state index contributed by atoms with van der Waals surface area (Å²) in [5, 5.41) is 0. The fourth-order valence-electron chi connectivity index (χ4n) is 2.14. The van der Waals surface area contributed by atoms with Crippen LogP contribution in [0.1, 0.15) is 38.8 Å². The number of benzene rings is 1. The van der Waals surface area contributed by atoms with Crippen LogP contribution >= 0.6 is 11.6 Å². The third-order valence-electron chi connectivity index (χ3n) is 3.06. The van der Waals surface area contributed by atoms with Crippen LogP contribution < -0.4 is 0 Å². The first-order valence-electron chi connectivity index (χ1n) is 7.36. The molecule has 0 saturated heterocycles. The Labute approximate surface area is 134 Å². The highest BCUT2D eigenvalue weighted by Gasteiger charge is 2.24. The van der Waals surface area contributed by atoms with Crippen LogP contribution in [0.2, 0.25) is 0 Å². The maximum absolute atomic E-state index is 12.6. The van der Waals surface area contributed by atoms with Gasteiger partial charge in [0.15, 0.2) is 0 Å². The molecular formula is C16H26ClNO2S. The zero-order valence-electron chi connectivity index (χ0n) is 13.3. The van der Waals surface area contributed by atoms with Crippen LogP contribution in [0.15, 0.2) is 24.3 Å². The molecule has 0 atom stereocenters. The zero-order chi connectivity index (χ0) is 16.0. The number of sulfonamides is 1. The minimum atomic E-state index is -3.28. The summed E-state index contributed by atoms with van der Waals surface area (Å²) < 4.78 is 26.9. The van der Waals surface area contributed by atoms with E-state index in [1.165, 1.54) is 0 Å². The third-order valence-corrected chi connectivity index (χ3v) is 5.15. The van der Waals surface area contributed by atoms with Crippen LogP contribution in [-0.2, 0) is 21.7 Å². The Morgan fingerprint density at radius 2 is 1.38 bits per heavy atom. The second-order valence-corrected chi connectivity index (χ2v) is 8.55. The molecule has 1 aromatic rings. The van der Waals surface area contributed by atoms with Gasteiger partial charge in [-0.05, 0) is 23.0 Å². The molecule has 0 bridgehead atoms. The molecule has 0 aliphatic carbocycles. The molecule has 0 aliphatic heterocycles. The Hall–Kier alpha value is -0.580. The molecule has 0 aliphatic rings. The average Bonchev–Trinajstić information content (AvgIpc) is 2.37. The first-order valence-corrected chi connectivity index (χ1v) is 9.50. The molecular weight excluding hydrogens is 306 g/mol. The second kappa shape index (κ2) is 8.16. The number of hydrogen-bond acceptors (Lipinski definition) is 2. The molecule has 1 aromatic carbocycles. The molecule has 3 nitrogen and oxygen atoms in total. The van der Waals surface area contributed by atoms with Gasteiger partial charge in [-0.1, -0.05) is 52.0 Å². The van der Waals surface area contributed by atoms with E-state index in [-0.39, 0.29) is 5.75 Å². The largest absolute Gasteiger partial charge is 0.218 e. The predicted octanol–water partition coefficient (Wildman–Crippen LogP) is 3.87. The van der Waals surface area contributed by atoms with Crippen molar-refractivity contribution >= 4 is 21.6 Å². The lowest BCUT2D eigenvalue weighted by Crippen LogP contribution is -2.37. The Morgan fingerprint density at radius 1 is 0.952 bits per heavy atom. The summed E-state index contributed by atoms with van der Waals surface area (Å²) in [6, 6.07) is 7.45. The molecule has 0 aromatic heterocycles. The number of alkyl halides is 1. The van der Waals surface area contributed by atoms with Crippen molar-refractivity contribution in [2.24, 2.45) is 11.8 Å². The SMILES string of the molecule is CC(C)CN(CC(C)C)S(=O)(=O)Cc1ccc(CCl)cc1. The third kappa shape index (κ3) is 6.37. The summed E-state index contributed by atoms with van der Waals surface area (Å²) >= 11 is 5.75. The predicted molar refractivity (Wildman–Crippen MR) is 89.9 cm³/mol. The maximum atomic E-state index is 12.6. The van der Waals surface area contributed by atoms with Gasteiger partial charge in [0, 0.05) is 19.0 Å². The van der Waals surface area contributed by atoms with Gasteiger partial charge < -0.3 is 0 Å². The van der Waals surface area contributed by atoms with E-state index < -0.39 is 10.0 Å². The summed E-state index contributed by atoms with van der Waals surface area (Å²) in [5.41, 5.74) is 1.81. The Bertz CT molecular complexity index is 514. The molecule has 0 radical (unpaired) electrons. The minimum Gasteiger partial charge on any atom is -0.212 e. The molecule has 120 valence electrons. The van der Waals surface area contributed by atoms with Crippen molar-refractivity contribution in [2.75, 3.05) is 13.1 Å². The van der Waals surface area contributed by atoms with Gasteiger partial charge in [-0.2, -0.15) is 0 Å². The van der Waals surface area contributed by atoms with Crippen LogP contribution in [-0.4, -0.2) is 25.8 Å². The fraction of sp³-hybridized carbons (Fsp3) is 0.625. The molecule has 5 heteroatoms. The smallest absolute Gasteiger partial charge is 0.212 e. The first-order chi connectivity index (χ1) is 9.74. The van der Waals surface area contributed by atoms with E-state index in [4.69, 9.17) is 11.6 Å². The molecule has 1 rings (SSSR count). The van der Waals surface area contributed by atoms with Gasteiger partial charge in [0.05, 0.1) is 5.75 Å². The van der Waals surface area contributed by atoms with Crippen LogP contribution in [0.4, 0.5) is 0 Å². The highest BCUT2D eigenvalue weighted by molar-refractivity contribution is 7.88. The Kier molecular flexibility index (Phi) is 7.17. The number of halogens is 1. The maximum Gasteiger partial charge on any atom is 0.218 e. The summed E-state index contributed by atoms with van der Waals surface area (Å²) in [6.45, 7) is 9.30. The van der Waals surface area contributed by atoms with E-state index in [9.17, 15) is 8.42 Å². The molecule has 21 heavy (non-hydrogen) atoms. The zero-order valence-corrected chi connectivity index (χ0v) is 14.9. The number of hydrogen-bond donors (Lipinski definition) is 0. The first kappa shape index (κ1) is 18.5. The quantitative estimate of drug-likeness (QED) is 0.678.